The standard InChI is InChI=1S/C21H25N3O5/c1-5-22-19(26)28-17-8-6-7-14(13-17)18(25)23-15-9-11-16(12-10-15)24-20(27)29-21(2,3)4/h6-13H,5H2,1-4H3,(H,22,26)(H,23,25)(H,24,27). The molecule has 0 aromatic heterocycles. The van der Waals surface area contributed by atoms with Gasteiger partial charge >= 0.3 is 12.2 Å². The highest BCUT2D eigenvalue weighted by molar-refractivity contribution is 6.04. The van der Waals surface area contributed by atoms with E-state index in [0.717, 1.165) is 0 Å². The van der Waals surface area contributed by atoms with E-state index in [9.17, 15) is 14.4 Å². The molecule has 0 fully saturated rings. The quantitative estimate of drug-likeness (QED) is 0.691. The molecule has 2 rings (SSSR count). The lowest BCUT2D eigenvalue weighted by atomic mass is 10.2. The molecule has 154 valence electrons. The van der Waals surface area contributed by atoms with Gasteiger partial charge in [0.1, 0.15) is 11.4 Å². The molecule has 3 amide bonds. The molecular formula is C21H25N3O5. The Balaban J connectivity index is 1.97. The van der Waals surface area contributed by atoms with Crippen LogP contribution in [0.3, 0.4) is 0 Å². The number of carbonyl (C=O) groups is 3. The molecule has 0 bridgehead atoms. The third-order valence-electron chi connectivity index (χ3n) is 3.42. The van der Waals surface area contributed by atoms with Crippen LogP contribution in [0.1, 0.15) is 38.1 Å². The molecule has 0 aliphatic rings. The summed E-state index contributed by atoms with van der Waals surface area (Å²) >= 11 is 0. The number of ether oxygens (including phenoxy) is 2. The topological polar surface area (TPSA) is 106 Å². The van der Waals surface area contributed by atoms with E-state index in [1.54, 1.807) is 70.2 Å². The average Bonchev–Trinajstić information content (AvgIpc) is 2.62. The SMILES string of the molecule is CCNC(=O)Oc1cccc(C(=O)Nc2ccc(NC(=O)OC(C)(C)C)cc2)c1. The van der Waals surface area contributed by atoms with Crippen LogP contribution in [0.15, 0.2) is 48.5 Å². The van der Waals surface area contributed by atoms with Crippen molar-refractivity contribution < 1.29 is 23.9 Å². The Morgan fingerprint density at radius 1 is 0.897 bits per heavy atom. The Labute approximate surface area is 169 Å². The fraction of sp³-hybridized carbons (Fsp3) is 0.286. The smallest absolute Gasteiger partial charge is 0.412 e. The molecule has 0 aliphatic heterocycles. The van der Waals surface area contributed by atoms with Crippen molar-refractivity contribution in [2.75, 3.05) is 17.2 Å². The van der Waals surface area contributed by atoms with Gasteiger partial charge in [0, 0.05) is 23.5 Å². The van der Waals surface area contributed by atoms with Crippen LogP contribution >= 0.6 is 0 Å². The highest BCUT2D eigenvalue weighted by Crippen LogP contribution is 2.18. The van der Waals surface area contributed by atoms with Gasteiger partial charge in [0.2, 0.25) is 0 Å². The number of hydrogen-bond acceptors (Lipinski definition) is 5. The zero-order valence-corrected chi connectivity index (χ0v) is 16.9. The Morgan fingerprint density at radius 2 is 1.52 bits per heavy atom. The summed E-state index contributed by atoms with van der Waals surface area (Å²) < 4.78 is 10.3. The summed E-state index contributed by atoms with van der Waals surface area (Å²) in [4.78, 5) is 35.7. The molecule has 2 aromatic carbocycles. The number of amides is 3. The molecule has 0 aliphatic carbocycles. The van der Waals surface area contributed by atoms with Crippen LogP contribution in [-0.4, -0.2) is 30.2 Å². The van der Waals surface area contributed by atoms with Gasteiger partial charge in [-0.3, -0.25) is 10.1 Å². The van der Waals surface area contributed by atoms with E-state index < -0.39 is 17.8 Å². The third-order valence-corrected chi connectivity index (χ3v) is 3.42. The van der Waals surface area contributed by atoms with E-state index in [2.05, 4.69) is 16.0 Å². The summed E-state index contributed by atoms with van der Waals surface area (Å²) in [5, 5.41) is 7.88. The summed E-state index contributed by atoms with van der Waals surface area (Å²) in [5.41, 5.74) is 0.824. The molecule has 2 aromatic rings. The number of rotatable bonds is 5. The van der Waals surface area contributed by atoms with Crippen LogP contribution < -0.4 is 20.7 Å². The van der Waals surface area contributed by atoms with Crippen LogP contribution in [-0.2, 0) is 4.74 Å². The molecule has 3 N–H and O–H groups in total. The summed E-state index contributed by atoms with van der Waals surface area (Å²) in [6.45, 7) is 7.56. The van der Waals surface area contributed by atoms with Crippen molar-refractivity contribution in [3.8, 4) is 5.75 Å². The first kappa shape index (κ1) is 21.7. The molecule has 8 nitrogen and oxygen atoms in total. The first-order valence-corrected chi connectivity index (χ1v) is 9.13. The lowest BCUT2D eigenvalue weighted by Crippen LogP contribution is -2.27. The lowest BCUT2D eigenvalue weighted by Gasteiger charge is -2.19. The minimum atomic E-state index is -0.590. The first-order valence-electron chi connectivity index (χ1n) is 9.13. The van der Waals surface area contributed by atoms with Gasteiger partial charge < -0.3 is 20.1 Å². The molecular weight excluding hydrogens is 374 g/mol. The lowest BCUT2D eigenvalue weighted by molar-refractivity contribution is 0.0635. The Hall–Kier alpha value is -3.55. The minimum Gasteiger partial charge on any atom is -0.444 e. The van der Waals surface area contributed by atoms with E-state index in [1.807, 2.05) is 0 Å². The molecule has 29 heavy (non-hydrogen) atoms. The number of anilines is 2. The predicted molar refractivity (Wildman–Crippen MR) is 110 cm³/mol. The van der Waals surface area contributed by atoms with Crippen LogP contribution in [0.4, 0.5) is 21.0 Å². The monoisotopic (exact) mass is 399 g/mol. The predicted octanol–water partition coefficient (Wildman–Crippen LogP) is 4.39. The van der Waals surface area contributed by atoms with Crippen molar-refractivity contribution >= 4 is 29.5 Å². The fourth-order valence-corrected chi connectivity index (χ4v) is 2.25. The minimum absolute atomic E-state index is 0.264. The molecule has 0 unspecified atom stereocenters. The second-order valence-corrected chi connectivity index (χ2v) is 7.11. The maximum Gasteiger partial charge on any atom is 0.412 e. The maximum atomic E-state index is 12.4. The maximum absolute atomic E-state index is 12.4. The fourth-order valence-electron chi connectivity index (χ4n) is 2.25. The summed E-state index contributed by atoms with van der Waals surface area (Å²) in [7, 11) is 0. The second-order valence-electron chi connectivity index (χ2n) is 7.11. The van der Waals surface area contributed by atoms with Crippen molar-refractivity contribution in [1.82, 2.24) is 5.32 Å². The molecule has 0 radical (unpaired) electrons. The van der Waals surface area contributed by atoms with Crippen molar-refractivity contribution in [2.24, 2.45) is 0 Å². The van der Waals surface area contributed by atoms with Gasteiger partial charge in [-0.1, -0.05) is 6.07 Å². The van der Waals surface area contributed by atoms with Gasteiger partial charge in [-0.05, 0) is 70.2 Å². The van der Waals surface area contributed by atoms with E-state index >= 15 is 0 Å². The zero-order chi connectivity index (χ0) is 21.4. The van der Waals surface area contributed by atoms with Gasteiger partial charge in [-0.15, -0.1) is 0 Å². The number of hydrogen-bond donors (Lipinski definition) is 3. The Bertz CT molecular complexity index is 873. The van der Waals surface area contributed by atoms with Crippen molar-refractivity contribution in [1.29, 1.82) is 0 Å². The van der Waals surface area contributed by atoms with Gasteiger partial charge in [0.15, 0.2) is 0 Å². The molecule has 8 heteroatoms. The first-order chi connectivity index (χ1) is 13.7. The molecule has 0 saturated heterocycles. The third kappa shape index (κ3) is 7.53. The van der Waals surface area contributed by atoms with Crippen LogP contribution in [0.25, 0.3) is 0 Å². The van der Waals surface area contributed by atoms with Gasteiger partial charge in [-0.2, -0.15) is 0 Å². The highest BCUT2D eigenvalue weighted by Gasteiger charge is 2.16. The van der Waals surface area contributed by atoms with Gasteiger partial charge in [0.05, 0.1) is 0 Å². The van der Waals surface area contributed by atoms with Gasteiger partial charge in [0.25, 0.3) is 5.91 Å². The van der Waals surface area contributed by atoms with E-state index in [4.69, 9.17) is 9.47 Å². The second kappa shape index (κ2) is 9.59. The average molecular weight is 399 g/mol. The summed E-state index contributed by atoms with van der Waals surface area (Å²) in [5.74, 6) is -0.0975. The van der Waals surface area contributed by atoms with Crippen LogP contribution in [0.5, 0.6) is 5.75 Å². The van der Waals surface area contributed by atoms with E-state index in [1.165, 1.54) is 6.07 Å². The Kier molecular flexibility index (Phi) is 7.19. The molecule has 0 spiro atoms. The van der Waals surface area contributed by atoms with E-state index in [0.29, 0.717) is 23.5 Å². The molecule has 0 saturated carbocycles. The van der Waals surface area contributed by atoms with Crippen LogP contribution in [0, 0.1) is 0 Å². The zero-order valence-electron chi connectivity index (χ0n) is 16.9. The van der Waals surface area contributed by atoms with Crippen molar-refractivity contribution in [3.63, 3.8) is 0 Å². The number of carbonyl (C=O) groups excluding carboxylic acids is 3. The normalized spacial score (nSPS) is 10.6. The highest BCUT2D eigenvalue weighted by atomic mass is 16.6. The number of benzene rings is 2. The van der Waals surface area contributed by atoms with Crippen molar-refractivity contribution in [3.05, 3.63) is 54.1 Å². The Morgan fingerprint density at radius 3 is 2.10 bits per heavy atom. The van der Waals surface area contributed by atoms with Crippen molar-refractivity contribution in [2.45, 2.75) is 33.3 Å². The number of nitrogens with one attached hydrogen (secondary N) is 3. The molecule has 0 heterocycles. The van der Waals surface area contributed by atoms with Gasteiger partial charge in [-0.25, -0.2) is 9.59 Å². The summed E-state index contributed by atoms with van der Waals surface area (Å²) in [6, 6.07) is 12.9. The largest absolute Gasteiger partial charge is 0.444 e. The summed E-state index contributed by atoms with van der Waals surface area (Å²) in [6.07, 6.45) is -1.14. The van der Waals surface area contributed by atoms with E-state index in [-0.39, 0.29) is 11.7 Å². The van der Waals surface area contributed by atoms with Crippen LogP contribution in [0.2, 0.25) is 0 Å². The molecule has 0 atom stereocenters.